The van der Waals surface area contributed by atoms with Crippen LogP contribution in [0.15, 0.2) is 18.2 Å². The topological polar surface area (TPSA) is 76.9 Å². The third-order valence-corrected chi connectivity index (χ3v) is 4.13. The summed E-state index contributed by atoms with van der Waals surface area (Å²) in [6, 6.07) is 6.02. The Bertz CT molecular complexity index is 886. The molecule has 0 spiro atoms. The normalized spacial score (nSPS) is 11.0. The van der Waals surface area contributed by atoms with Crippen LogP contribution < -0.4 is 15.4 Å². The molecule has 7 heteroatoms. The van der Waals surface area contributed by atoms with Gasteiger partial charge in [-0.1, -0.05) is 5.21 Å². The molecular weight excluding hydrogens is 304 g/mol. The van der Waals surface area contributed by atoms with Crippen molar-refractivity contribution >= 4 is 16.7 Å². The maximum atomic E-state index is 5.60. The van der Waals surface area contributed by atoms with Crippen LogP contribution in [0.25, 0.3) is 16.6 Å². The summed E-state index contributed by atoms with van der Waals surface area (Å²) in [7, 11) is 5.42. The highest BCUT2D eigenvalue weighted by Crippen LogP contribution is 2.31. The fourth-order valence-electron chi connectivity index (χ4n) is 2.79. The number of nitrogens with zero attached hydrogens (tertiary/aromatic N) is 4. The average Bonchev–Trinajstić information content (AvgIpc) is 2.94. The lowest BCUT2D eigenvalue weighted by molar-refractivity contribution is 0.411. The van der Waals surface area contributed by atoms with Gasteiger partial charge in [0.25, 0.3) is 0 Å². The van der Waals surface area contributed by atoms with Crippen molar-refractivity contribution in [3.8, 4) is 11.4 Å². The molecule has 2 N–H and O–H groups in total. The van der Waals surface area contributed by atoms with Crippen LogP contribution in [0.3, 0.4) is 0 Å². The second-order valence-corrected chi connectivity index (χ2v) is 5.68. The maximum Gasteiger partial charge on any atom is 0.145 e. The lowest BCUT2D eigenvalue weighted by Gasteiger charge is -2.13. The molecule has 0 unspecified atom stereocenters. The van der Waals surface area contributed by atoms with Gasteiger partial charge in [0, 0.05) is 19.0 Å². The fraction of sp³-hybridized carbons (Fsp3) is 0.353. The summed E-state index contributed by atoms with van der Waals surface area (Å²) in [6.45, 7) is 4.73. The Morgan fingerprint density at radius 1 is 1.17 bits per heavy atom. The van der Waals surface area contributed by atoms with Gasteiger partial charge in [0.1, 0.15) is 17.3 Å². The predicted octanol–water partition coefficient (Wildman–Crippen LogP) is 2.20. The molecule has 3 aromatic rings. The molecule has 2 aromatic heterocycles. The summed E-state index contributed by atoms with van der Waals surface area (Å²) in [5.41, 5.74) is 4.74. The van der Waals surface area contributed by atoms with Crippen molar-refractivity contribution in [1.29, 1.82) is 0 Å². The number of benzene rings is 1. The van der Waals surface area contributed by atoms with Crippen molar-refractivity contribution in [2.45, 2.75) is 20.4 Å². The van der Waals surface area contributed by atoms with Crippen molar-refractivity contribution in [2.24, 2.45) is 0 Å². The van der Waals surface area contributed by atoms with Gasteiger partial charge in [-0.2, -0.15) is 0 Å². The van der Waals surface area contributed by atoms with E-state index in [0.29, 0.717) is 6.54 Å². The number of pyridine rings is 1. The zero-order valence-electron chi connectivity index (χ0n) is 14.6. The quantitative estimate of drug-likeness (QED) is 0.748. The number of ether oxygens (including phenoxy) is 1. The van der Waals surface area contributed by atoms with E-state index in [1.165, 1.54) is 0 Å². The van der Waals surface area contributed by atoms with E-state index in [9.17, 15) is 0 Å². The fourth-order valence-corrected chi connectivity index (χ4v) is 2.79. The lowest BCUT2D eigenvalue weighted by Crippen LogP contribution is -2.08. The average molecular weight is 326 g/mol. The molecule has 126 valence electrons. The van der Waals surface area contributed by atoms with Crippen molar-refractivity contribution in [1.82, 2.24) is 25.3 Å². The van der Waals surface area contributed by atoms with Crippen molar-refractivity contribution in [3.63, 3.8) is 0 Å². The standard InChI is InChI=1S/C17H22N6O/c1-10-6-17(19-4)20-13-8-15(16(24-5)7-12(10)13)23-11(2)14(9-18-3)21-22-23/h6-8,18H,9H2,1-5H3,(H,19,20). The minimum absolute atomic E-state index is 0.670. The Morgan fingerprint density at radius 2 is 1.96 bits per heavy atom. The molecule has 0 saturated heterocycles. The van der Waals surface area contributed by atoms with E-state index in [0.717, 1.165) is 45.1 Å². The van der Waals surface area contributed by atoms with Crippen molar-refractivity contribution in [2.75, 3.05) is 26.5 Å². The Balaban J connectivity index is 2.23. The van der Waals surface area contributed by atoms with E-state index in [-0.39, 0.29) is 0 Å². The predicted molar refractivity (Wildman–Crippen MR) is 95.0 cm³/mol. The molecule has 7 nitrogen and oxygen atoms in total. The number of aryl methyl sites for hydroxylation is 1. The van der Waals surface area contributed by atoms with Gasteiger partial charge in [-0.25, -0.2) is 9.67 Å². The molecule has 0 fully saturated rings. The van der Waals surface area contributed by atoms with Gasteiger partial charge in [0.2, 0.25) is 0 Å². The van der Waals surface area contributed by atoms with Gasteiger partial charge in [0.05, 0.1) is 24.0 Å². The first kappa shape index (κ1) is 16.2. The third-order valence-electron chi connectivity index (χ3n) is 4.13. The van der Waals surface area contributed by atoms with Crippen LogP contribution in [0.2, 0.25) is 0 Å². The summed E-state index contributed by atoms with van der Waals surface area (Å²) in [6.07, 6.45) is 0. The second kappa shape index (κ2) is 6.45. The van der Waals surface area contributed by atoms with E-state index in [4.69, 9.17) is 4.74 Å². The smallest absolute Gasteiger partial charge is 0.145 e. The molecule has 0 radical (unpaired) electrons. The zero-order valence-corrected chi connectivity index (χ0v) is 14.6. The number of aromatic nitrogens is 4. The summed E-state index contributed by atoms with van der Waals surface area (Å²) < 4.78 is 7.40. The van der Waals surface area contributed by atoms with Gasteiger partial charge in [-0.3, -0.25) is 0 Å². The Hall–Kier alpha value is -2.67. The first-order chi connectivity index (χ1) is 11.6. The molecular formula is C17H22N6O. The Kier molecular flexibility index (Phi) is 4.35. The van der Waals surface area contributed by atoms with Gasteiger partial charge in [0.15, 0.2) is 0 Å². The van der Waals surface area contributed by atoms with Crippen LogP contribution in [0.5, 0.6) is 5.75 Å². The molecule has 0 aliphatic rings. The summed E-state index contributed by atoms with van der Waals surface area (Å²) in [5.74, 6) is 1.58. The number of fused-ring (bicyclic) bond motifs is 1. The van der Waals surface area contributed by atoms with Gasteiger partial charge < -0.3 is 15.4 Å². The van der Waals surface area contributed by atoms with Crippen LogP contribution in [-0.4, -0.2) is 41.2 Å². The highest BCUT2D eigenvalue weighted by atomic mass is 16.5. The van der Waals surface area contributed by atoms with E-state index in [1.807, 2.05) is 39.2 Å². The third kappa shape index (κ3) is 2.67. The van der Waals surface area contributed by atoms with Crippen molar-refractivity contribution < 1.29 is 4.74 Å². The Morgan fingerprint density at radius 3 is 2.62 bits per heavy atom. The zero-order chi connectivity index (χ0) is 17.3. The molecule has 0 aliphatic carbocycles. The minimum atomic E-state index is 0.670. The van der Waals surface area contributed by atoms with Crippen LogP contribution in [0.1, 0.15) is 17.0 Å². The molecule has 3 rings (SSSR count). The number of rotatable bonds is 5. The van der Waals surface area contributed by atoms with Gasteiger partial charge in [-0.15, -0.1) is 5.10 Å². The first-order valence-electron chi connectivity index (χ1n) is 7.82. The monoisotopic (exact) mass is 326 g/mol. The van der Waals surface area contributed by atoms with Gasteiger partial charge >= 0.3 is 0 Å². The molecule has 0 atom stereocenters. The minimum Gasteiger partial charge on any atom is -0.494 e. The number of hydrogen-bond donors (Lipinski definition) is 2. The van der Waals surface area contributed by atoms with Crippen LogP contribution >= 0.6 is 0 Å². The van der Waals surface area contributed by atoms with Gasteiger partial charge in [-0.05, 0) is 44.7 Å². The molecule has 0 aliphatic heterocycles. The van der Waals surface area contributed by atoms with E-state index >= 15 is 0 Å². The van der Waals surface area contributed by atoms with Crippen LogP contribution in [-0.2, 0) is 6.54 Å². The molecule has 1 aromatic carbocycles. The molecule has 0 saturated carbocycles. The SMILES string of the molecule is CNCc1nnn(-c2cc3nc(NC)cc(C)c3cc2OC)c1C. The van der Waals surface area contributed by atoms with Crippen LogP contribution in [0, 0.1) is 13.8 Å². The highest BCUT2D eigenvalue weighted by molar-refractivity contribution is 5.88. The van der Waals surface area contributed by atoms with E-state index in [1.54, 1.807) is 11.8 Å². The number of methoxy groups -OCH3 is 1. The second-order valence-electron chi connectivity index (χ2n) is 5.68. The first-order valence-corrected chi connectivity index (χ1v) is 7.82. The molecule has 2 heterocycles. The van der Waals surface area contributed by atoms with E-state index < -0.39 is 0 Å². The molecule has 0 bridgehead atoms. The summed E-state index contributed by atoms with van der Waals surface area (Å²) in [4.78, 5) is 4.65. The van der Waals surface area contributed by atoms with E-state index in [2.05, 4.69) is 32.9 Å². The number of anilines is 1. The summed E-state index contributed by atoms with van der Waals surface area (Å²) >= 11 is 0. The maximum absolute atomic E-state index is 5.60. The van der Waals surface area contributed by atoms with Crippen LogP contribution in [0.4, 0.5) is 5.82 Å². The Labute approximate surface area is 141 Å². The lowest BCUT2D eigenvalue weighted by atomic mass is 10.1. The number of nitrogens with one attached hydrogen (secondary N) is 2. The molecule has 0 amide bonds. The molecule has 24 heavy (non-hydrogen) atoms. The van der Waals surface area contributed by atoms with Crippen molar-refractivity contribution in [3.05, 3.63) is 35.2 Å². The largest absolute Gasteiger partial charge is 0.494 e. The number of hydrogen-bond acceptors (Lipinski definition) is 6. The highest BCUT2D eigenvalue weighted by Gasteiger charge is 2.16. The summed E-state index contributed by atoms with van der Waals surface area (Å²) in [5, 5.41) is 15.8.